The predicted molar refractivity (Wildman–Crippen MR) is 94.8 cm³/mol. The number of fused-ring (bicyclic) bond motifs is 1. The molecule has 0 bridgehead atoms. The summed E-state index contributed by atoms with van der Waals surface area (Å²) in [5.74, 6) is -0.663. The Labute approximate surface area is 145 Å². The standard InChI is InChI=1S/C20H19FN2O2/c1-13-11-17(16-8-7-15(21)12-19(16)22-13)20(25)23-18(9-10-24)14-5-3-2-4-6-14/h2-8,11-12,18,24H,9-10H2,1H3,(H,23,25)/t18-/m0/s1. The molecule has 0 saturated heterocycles. The van der Waals surface area contributed by atoms with Gasteiger partial charge in [0.2, 0.25) is 0 Å². The summed E-state index contributed by atoms with van der Waals surface area (Å²) in [6, 6.07) is 15.1. The van der Waals surface area contributed by atoms with Gasteiger partial charge in [-0.15, -0.1) is 0 Å². The highest BCUT2D eigenvalue weighted by molar-refractivity contribution is 6.06. The first-order chi connectivity index (χ1) is 12.1. The van der Waals surface area contributed by atoms with Crippen LogP contribution in [-0.2, 0) is 0 Å². The number of hydrogen-bond acceptors (Lipinski definition) is 3. The van der Waals surface area contributed by atoms with Crippen molar-refractivity contribution in [3.8, 4) is 0 Å². The molecule has 0 aliphatic carbocycles. The summed E-state index contributed by atoms with van der Waals surface area (Å²) in [7, 11) is 0. The fourth-order valence-corrected chi connectivity index (χ4v) is 2.89. The van der Waals surface area contributed by atoms with Crippen LogP contribution in [0.4, 0.5) is 4.39 Å². The zero-order chi connectivity index (χ0) is 17.8. The van der Waals surface area contributed by atoms with Gasteiger partial charge in [-0.05, 0) is 37.1 Å². The van der Waals surface area contributed by atoms with Crippen LogP contribution in [-0.4, -0.2) is 22.6 Å². The van der Waals surface area contributed by atoms with E-state index in [0.717, 1.165) is 5.56 Å². The Bertz CT molecular complexity index is 892. The normalized spacial score (nSPS) is 12.1. The number of hydrogen-bond donors (Lipinski definition) is 2. The van der Waals surface area contributed by atoms with Gasteiger partial charge in [0.15, 0.2) is 0 Å². The number of aryl methyl sites for hydroxylation is 1. The van der Waals surface area contributed by atoms with Crippen molar-refractivity contribution in [3.63, 3.8) is 0 Å². The third kappa shape index (κ3) is 3.83. The first-order valence-electron chi connectivity index (χ1n) is 8.12. The largest absolute Gasteiger partial charge is 0.396 e. The summed E-state index contributed by atoms with van der Waals surface area (Å²) >= 11 is 0. The highest BCUT2D eigenvalue weighted by atomic mass is 19.1. The number of rotatable bonds is 5. The quantitative estimate of drug-likeness (QED) is 0.748. The summed E-state index contributed by atoms with van der Waals surface area (Å²) in [5.41, 5.74) is 2.46. The van der Waals surface area contributed by atoms with Crippen molar-refractivity contribution in [1.29, 1.82) is 0 Å². The first kappa shape index (κ1) is 17.0. The highest BCUT2D eigenvalue weighted by Crippen LogP contribution is 2.22. The van der Waals surface area contributed by atoms with Crippen molar-refractivity contribution in [2.24, 2.45) is 0 Å². The van der Waals surface area contributed by atoms with Crippen molar-refractivity contribution < 1.29 is 14.3 Å². The Kier molecular flexibility index (Phi) is 5.05. The van der Waals surface area contributed by atoms with Crippen molar-refractivity contribution in [1.82, 2.24) is 10.3 Å². The summed E-state index contributed by atoms with van der Waals surface area (Å²) in [4.78, 5) is 17.1. The van der Waals surface area contributed by atoms with Crippen molar-refractivity contribution >= 4 is 16.8 Å². The topological polar surface area (TPSA) is 62.2 Å². The molecule has 0 aliphatic heterocycles. The van der Waals surface area contributed by atoms with Gasteiger partial charge in [-0.25, -0.2) is 4.39 Å². The molecule has 1 atom stereocenters. The van der Waals surface area contributed by atoms with Gasteiger partial charge in [0.1, 0.15) is 5.82 Å². The minimum absolute atomic E-state index is 0.0405. The Morgan fingerprint density at radius 2 is 1.96 bits per heavy atom. The van der Waals surface area contributed by atoms with Crippen LogP contribution in [0.3, 0.4) is 0 Å². The summed E-state index contributed by atoms with van der Waals surface area (Å²) in [6.45, 7) is 1.73. The molecular weight excluding hydrogens is 319 g/mol. The van der Waals surface area contributed by atoms with E-state index in [1.54, 1.807) is 19.1 Å². The first-order valence-corrected chi connectivity index (χ1v) is 8.12. The van der Waals surface area contributed by atoms with E-state index in [1.807, 2.05) is 30.3 Å². The lowest BCUT2D eigenvalue weighted by atomic mass is 10.0. The lowest BCUT2D eigenvalue weighted by Crippen LogP contribution is -2.29. The molecule has 3 rings (SSSR count). The van der Waals surface area contributed by atoms with Gasteiger partial charge >= 0.3 is 0 Å². The number of amides is 1. The smallest absolute Gasteiger partial charge is 0.252 e. The Morgan fingerprint density at radius 3 is 2.68 bits per heavy atom. The van der Waals surface area contributed by atoms with Crippen LogP contribution in [0.5, 0.6) is 0 Å². The average molecular weight is 338 g/mol. The second-order valence-electron chi connectivity index (χ2n) is 5.92. The molecule has 0 unspecified atom stereocenters. The minimum Gasteiger partial charge on any atom is -0.396 e. The van der Waals surface area contributed by atoms with Gasteiger partial charge in [-0.1, -0.05) is 30.3 Å². The molecule has 3 aromatic rings. The number of halogens is 1. The number of carbonyl (C=O) groups is 1. The molecule has 5 heteroatoms. The molecular formula is C20H19FN2O2. The Morgan fingerprint density at radius 1 is 1.20 bits per heavy atom. The van der Waals surface area contributed by atoms with Crippen LogP contribution in [0.2, 0.25) is 0 Å². The second kappa shape index (κ2) is 7.40. The molecule has 0 fully saturated rings. The molecule has 1 amide bonds. The summed E-state index contributed by atoms with van der Waals surface area (Å²) < 4.78 is 13.5. The van der Waals surface area contributed by atoms with Gasteiger partial charge in [-0.3, -0.25) is 9.78 Å². The van der Waals surface area contributed by atoms with Crippen LogP contribution < -0.4 is 5.32 Å². The van der Waals surface area contributed by atoms with Gasteiger partial charge < -0.3 is 10.4 Å². The van der Waals surface area contributed by atoms with Crippen LogP contribution in [0.1, 0.15) is 34.1 Å². The molecule has 2 N–H and O–H groups in total. The van der Waals surface area contributed by atoms with E-state index in [2.05, 4.69) is 10.3 Å². The third-order valence-corrected chi connectivity index (χ3v) is 4.07. The monoisotopic (exact) mass is 338 g/mol. The third-order valence-electron chi connectivity index (χ3n) is 4.07. The van der Waals surface area contributed by atoms with E-state index in [1.165, 1.54) is 12.1 Å². The van der Waals surface area contributed by atoms with Gasteiger partial charge in [0.25, 0.3) is 5.91 Å². The van der Waals surface area contributed by atoms with Crippen molar-refractivity contribution in [2.45, 2.75) is 19.4 Å². The van der Waals surface area contributed by atoms with Crippen LogP contribution >= 0.6 is 0 Å². The van der Waals surface area contributed by atoms with E-state index in [0.29, 0.717) is 28.6 Å². The lowest BCUT2D eigenvalue weighted by molar-refractivity contribution is 0.0931. The van der Waals surface area contributed by atoms with Gasteiger partial charge in [-0.2, -0.15) is 0 Å². The number of aliphatic hydroxyl groups excluding tert-OH is 1. The fraction of sp³-hybridized carbons (Fsp3) is 0.200. The SMILES string of the molecule is Cc1cc(C(=O)N[C@@H](CCO)c2ccccc2)c2ccc(F)cc2n1. The molecule has 25 heavy (non-hydrogen) atoms. The minimum atomic E-state index is -0.389. The molecule has 0 aliphatic rings. The van der Waals surface area contributed by atoms with E-state index in [-0.39, 0.29) is 24.4 Å². The maximum atomic E-state index is 13.5. The molecule has 1 aromatic heterocycles. The number of aromatic nitrogens is 1. The molecule has 0 spiro atoms. The maximum Gasteiger partial charge on any atom is 0.252 e. The van der Waals surface area contributed by atoms with Gasteiger partial charge in [0, 0.05) is 23.8 Å². The number of pyridine rings is 1. The summed E-state index contributed by atoms with van der Waals surface area (Å²) in [6.07, 6.45) is 0.409. The van der Waals surface area contributed by atoms with Crippen molar-refractivity contribution in [3.05, 3.63) is 77.2 Å². The van der Waals surface area contributed by atoms with Gasteiger partial charge in [0.05, 0.1) is 17.1 Å². The Balaban J connectivity index is 1.96. The average Bonchev–Trinajstić information content (AvgIpc) is 2.61. The van der Waals surface area contributed by atoms with Crippen LogP contribution in [0.15, 0.2) is 54.6 Å². The molecule has 4 nitrogen and oxygen atoms in total. The number of benzene rings is 2. The molecule has 128 valence electrons. The number of carbonyl (C=O) groups excluding carboxylic acids is 1. The number of nitrogens with one attached hydrogen (secondary N) is 1. The van der Waals surface area contributed by atoms with E-state index < -0.39 is 0 Å². The molecule has 2 aromatic carbocycles. The van der Waals surface area contributed by atoms with Crippen LogP contribution in [0.25, 0.3) is 10.9 Å². The molecule has 0 saturated carbocycles. The number of nitrogens with zero attached hydrogens (tertiary/aromatic N) is 1. The van der Waals surface area contributed by atoms with E-state index >= 15 is 0 Å². The second-order valence-corrected chi connectivity index (χ2v) is 5.92. The van der Waals surface area contributed by atoms with E-state index in [9.17, 15) is 14.3 Å². The zero-order valence-corrected chi connectivity index (χ0v) is 13.9. The van der Waals surface area contributed by atoms with E-state index in [4.69, 9.17) is 0 Å². The predicted octanol–water partition coefficient (Wildman–Crippen LogP) is 3.54. The maximum absolute atomic E-state index is 13.5. The van der Waals surface area contributed by atoms with Crippen LogP contribution in [0, 0.1) is 12.7 Å². The lowest BCUT2D eigenvalue weighted by Gasteiger charge is -2.19. The molecule has 1 heterocycles. The number of aliphatic hydroxyl groups is 1. The zero-order valence-electron chi connectivity index (χ0n) is 13.9. The fourth-order valence-electron chi connectivity index (χ4n) is 2.89. The molecule has 0 radical (unpaired) electrons. The highest BCUT2D eigenvalue weighted by Gasteiger charge is 2.18. The summed E-state index contributed by atoms with van der Waals surface area (Å²) in [5, 5.41) is 12.9. The van der Waals surface area contributed by atoms with Crippen molar-refractivity contribution in [2.75, 3.05) is 6.61 Å². The Hall–Kier alpha value is -2.79.